The number of rotatable bonds is 15. The van der Waals surface area contributed by atoms with E-state index in [1.54, 1.807) is 6.92 Å². The highest BCUT2D eigenvalue weighted by atomic mass is 16.5. The molecule has 3 nitrogen and oxygen atoms in total. The number of carbonyl (C=O) groups excluding carboxylic acids is 2. The average molecular weight is 429 g/mol. The molecule has 0 amide bonds. The van der Waals surface area contributed by atoms with Gasteiger partial charge in [0.25, 0.3) is 0 Å². The molecule has 1 unspecified atom stereocenters. The predicted octanol–water partition coefficient (Wildman–Crippen LogP) is 7.68. The zero-order chi connectivity index (χ0) is 23.2. The van der Waals surface area contributed by atoms with Crippen molar-refractivity contribution in [2.75, 3.05) is 6.61 Å². The Bertz CT molecular complexity index is 698. The standard InChI is InChI=1S/C28H44O3/c1-7-31-28(30)26(27(29)25-18-19-25)20-17-24(6)16-10-15-23(5)14-9-13-22(4)12-8-11-21(2)3/h11,13,15,17,25-26H,7-10,12,14,16,18-20H2,1-6H3/b22-13+,23-15+,24-17+. The highest BCUT2D eigenvalue weighted by molar-refractivity contribution is 6.01. The van der Waals surface area contributed by atoms with Crippen molar-refractivity contribution in [1.29, 1.82) is 0 Å². The SMILES string of the molecule is CCOC(=O)C(C/C=C(\C)CC/C=C(\C)CC/C=C(\C)CCC=C(C)C)C(=O)C1CC1. The molecule has 0 radical (unpaired) electrons. The summed E-state index contributed by atoms with van der Waals surface area (Å²) in [6, 6.07) is 0. The number of hydrogen-bond donors (Lipinski definition) is 0. The Morgan fingerprint density at radius 1 is 0.806 bits per heavy atom. The van der Waals surface area contributed by atoms with Crippen LogP contribution in [0.2, 0.25) is 0 Å². The maximum Gasteiger partial charge on any atom is 0.316 e. The van der Waals surface area contributed by atoms with Crippen molar-refractivity contribution in [1.82, 2.24) is 0 Å². The zero-order valence-corrected chi connectivity index (χ0v) is 20.8. The summed E-state index contributed by atoms with van der Waals surface area (Å²) in [7, 11) is 0. The molecule has 3 heteroatoms. The van der Waals surface area contributed by atoms with Crippen molar-refractivity contribution in [2.24, 2.45) is 11.8 Å². The van der Waals surface area contributed by atoms with Gasteiger partial charge in [-0.2, -0.15) is 0 Å². The van der Waals surface area contributed by atoms with Crippen LogP contribution in [-0.4, -0.2) is 18.4 Å². The molecule has 31 heavy (non-hydrogen) atoms. The first kappa shape index (κ1) is 27.1. The Morgan fingerprint density at radius 3 is 1.74 bits per heavy atom. The summed E-state index contributed by atoms with van der Waals surface area (Å²) < 4.78 is 5.13. The van der Waals surface area contributed by atoms with Crippen molar-refractivity contribution in [2.45, 2.75) is 99.3 Å². The summed E-state index contributed by atoms with van der Waals surface area (Å²) in [6.07, 6.45) is 17.8. The van der Waals surface area contributed by atoms with Gasteiger partial charge in [0.05, 0.1) is 6.61 Å². The van der Waals surface area contributed by atoms with Crippen LogP contribution in [0.4, 0.5) is 0 Å². The van der Waals surface area contributed by atoms with Gasteiger partial charge in [0.1, 0.15) is 11.7 Å². The molecule has 1 atom stereocenters. The maximum absolute atomic E-state index is 12.4. The van der Waals surface area contributed by atoms with Gasteiger partial charge in [-0.15, -0.1) is 0 Å². The Kier molecular flexibility index (Phi) is 13.1. The van der Waals surface area contributed by atoms with Gasteiger partial charge in [0.2, 0.25) is 0 Å². The lowest BCUT2D eigenvalue weighted by Gasteiger charge is -2.13. The number of allylic oxidation sites excluding steroid dienone is 8. The molecule has 0 aromatic carbocycles. The van der Waals surface area contributed by atoms with E-state index in [1.807, 2.05) is 0 Å². The van der Waals surface area contributed by atoms with Crippen LogP contribution in [0.25, 0.3) is 0 Å². The van der Waals surface area contributed by atoms with Gasteiger partial charge in [0.15, 0.2) is 0 Å². The second-order valence-electron chi connectivity index (χ2n) is 9.27. The van der Waals surface area contributed by atoms with Gasteiger partial charge in [-0.1, -0.05) is 46.6 Å². The largest absolute Gasteiger partial charge is 0.465 e. The third-order valence-electron chi connectivity index (χ3n) is 5.75. The third-order valence-corrected chi connectivity index (χ3v) is 5.75. The summed E-state index contributed by atoms with van der Waals surface area (Å²) in [5, 5.41) is 0. The van der Waals surface area contributed by atoms with E-state index in [2.05, 4.69) is 58.9 Å². The van der Waals surface area contributed by atoms with Crippen LogP contribution in [-0.2, 0) is 14.3 Å². The molecule has 0 aromatic heterocycles. The molecule has 174 valence electrons. The molecular weight excluding hydrogens is 384 g/mol. The minimum Gasteiger partial charge on any atom is -0.465 e. The number of ether oxygens (including phenoxy) is 1. The van der Waals surface area contributed by atoms with Crippen LogP contribution in [0.5, 0.6) is 0 Å². The lowest BCUT2D eigenvalue weighted by Crippen LogP contribution is -2.27. The molecule has 0 bridgehead atoms. The monoisotopic (exact) mass is 428 g/mol. The van der Waals surface area contributed by atoms with E-state index in [0.717, 1.165) is 51.4 Å². The van der Waals surface area contributed by atoms with Crippen LogP contribution >= 0.6 is 0 Å². The smallest absolute Gasteiger partial charge is 0.316 e. The summed E-state index contributed by atoms with van der Waals surface area (Å²) in [5.74, 6) is -0.823. The zero-order valence-electron chi connectivity index (χ0n) is 20.8. The van der Waals surface area contributed by atoms with E-state index >= 15 is 0 Å². The van der Waals surface area contributed by atoms with E-state index in [1.165, 1.54) is 22.3 Å². The minimum absolute atomic E-state index is 0.0717. The molecule has 0 aliphatic heterocycles. The molecule has 1 rings (SSSR count). The van der Waals surface area contributed by atoms with Gasteiger partial charge in [-0.25, -0.2) is 0 Å². The summed E-state index contributed by atoms with van der Waals surface area (Å²) >= 11 is 0. The van der Waals surface area contributed by atoms with Crippen molar-refractivity contribution < 1.29 is 14.3 Å². The van der Waals surface area contributed by atoms with Crippen molar-refractivity contribution >= 4 is 11.8 Å². The number of Topliss-reactive ketones (excluding diaryl/α,β-unsaturated/α-hetero) is 1. The fraction of sp³-hybridized carbons (Fsp3) is 0.643. The fourth-order valence-corrected chi connectivity index (χ4v) is 3.53. The third kappa shape index (κ3) is 12.5. The molecule has 1 aliphatic carbocycles. The highest BCUT2D eigenvalue weighted by Crippen LogP contribution is 2.34. The average Bonchev–Trinajstić information content (AvgIpc) is 3.53. The molecule has 0 N–H and O–H groups in total. The minimum atomic E-state index is -0.619. The molecular formula is C28H44O3. The molecule has 1 aliphatic rings. The van der Waals surface area contributed by atoms with Crippen LogP contribution in [0.1, 0.15) is 99.3 Å². The number of esters is 1. The topological polar surface area (TPSA) is 43.4 Å². The van der Waals surface area contributed by atoms with Gasteiger partial charge in [-0.05, 0) is 99.3 Å². The second-order valence-corrected chi connectivity index (χ2v) is 9.27. The molecule has 1 fully saturated rings. The van der Waals surface area contributed by atoms with Crippen molar-refractivity contribution in [3.63, 3.8) is 0 Å². The Labute approximate surface area is 190 Å². The van der Waals surface area contributed by atoms with E-state index in [0.29, 0.717) is 13.0 Å². The number of carbonyl (C=O) groups is 2. The fourth-order valence-electron chi connectivity index (χ4n) is 3.53. The first-order chi connectivity index (χ1) is 14.7. The molecule has 0 aromatic rings. The summed E-state index contributed by atoms with van der Waals surface area (Å²) in [4.78, 5) is 24.6. The summed E-state index contributed by atoms with van der Waals surface area (Å²) in [6.45, 7) is 12.9. The van der Waals surface area contributed by atoms with Crippen LogP contribution < -0.4 is 0 Å². The van der Waals surface area contributed by atoms with Gasteiger partial charge in [0, 0.05) is 5.92 Å². The van der Waals surface area contributed by atoms with Gasteiger partial charge in [-0.3, -0.25) is 9.59 Å². The number of ketones is 1. The van der Waals surface area contributed by atoms with Crippen LogP contribution in [0.3, 0.4) is 0 Å². The molecule has 0 saturated heterocycles. The first-order valence-corrected chi connectivity index (χ1v) is 12.0. The molecule has 0 spiro atoms. The second kappa shape index (κ2) is 15.0. The predicted molar refractivity (Wildman–Crippen MR) is 131 cm³/mol. The van der Waals surface area contributed by atoms with Gasteiger partial charge < -0.3 is 4.74 Å². The van der Waals surface area contributed by atoms with Crippen LogP contribution in [0, 0.1) is 11.8 Å². The normalized spacial score (nSPS) is 16.1. The Balaban J connectivity index is 2.40. The first-order valence-electron chi connectivity index (χ1n) is 12.0. The van der Waals surface area contributed by atoms with Crippen molar-refractivity contribution in [3.8, 4) is 0 Å². The van der Waals surface area contributed by atoms with E-state index < -0.39 is 5.92 Å². The lowest BCUT2D eigenvalue weighted by atomic mass is 9.95. The number of hydrogen-bond acceptors (Lipinski definition) is 3. The maximum atomic E-state index is 12.4. The highest BCUT2D eigenvalue weighted by Gasteiger charge is 2.38. The molecule has 0 heterocycles. The summed E-state index contributed by atoms with van der Waals surface area (Å²) in [5.41, 5.74) is 5.52. The quantitative estimate of drug-likeness (QED) is 0.153. The van der Waals surface area contributed by atoms with E-state index in [4.69, 9.17) is 4.74 Å². The Hall–Kier alpha value is -1.90. The van der Waals surface area contributed by atoms with Crippen LogP contribution in [0.15, 0.2) is 46.6 Å². The molecule has 1 saturated carbocycles. The van der Waals surface area contributed by atoms with E-state index in [9.17, 15) is 9.59 Å². The Morgan fingerprint density at radius 2 is 1.29 bits per heavy atom. The lowest BCUT2D eigenvalue weighted by molar-refractivity contribution is -0.151. The van der Waals surface area contributed by atoms with Crippen molar-refractivity contribution in [3.05, 3.63) is 46.6 Å². The van der Waals surface area contributed by atoms with Gasteiger partial charge >= 0.3 is 5.97 Å². The van der Waals surface area contributed by atoms with E-state index in [-0.39, 0.29) is 17.7 Å².